The van der Waals surface area contributed by atoms with E-state index in [1.807, 2.05) is 9.80 Å². The molecule has 2 aliphatic heterocycles. The zero-order chi connectivity index (χ0) is 17.8. The van der Waals surface area contributed by atoms with Crippen molar-refractivity contribution in [2.45, 2.75) is 13.3 Å². The van der Waals surface area contributed by atoms with Gasteiger partial charge in [-0.1, -0.05) is 6.92 Å². The molecule has 6 nitrogen and oxygen atoms in total. The van der Waals surface area contributed by atoms with E-state index in [2.05, 4.69) is 11.8 Å². The van der Waals surface area contributed by atoms with Crippen molar-refractivity contribution in [1.29, 1.82) is 0 Å². The first-order chi connectivity index (χ1) is 12.1. The summed E-state index contributed by atoms with van der Waals surface area (Å²) in [6.45, 7) is 7.49. The molecule has 1 aromatic rings. The number of methoxy groups -OCH3 is 1. The van der Waals surface area contributed by atoms with Crippen LogP contribution in [0.25, 0.3) is 0 Å². The molecular weight excluding hydrogens is 318 g/mol. The molecule has 1 atom stereocenters. The Bertz CT molecular complexity index is 609. The first-order valence-corrected chi connectivity index (χ1v) is 9.07. The second-order valence-corrected chi connectivity index (χ2v) is 6.72. The van der Waals surface area contributed by atoms with E-state index in [0.29, 0.717) is 31.7 Å². The average Bonchev–Trinajstić information content (AvgIpc) is 3.16. The molecule has 136 valence electrons. The summed E-state index contributed by atoms with van der Waals surface area (Å²) in [5.41, 5.74) is 0.662. The lowest BCUT2D eigenvalue weighted by molar-refractivity contribution is -0.136. The van der Waals surface area contributed by atoms with Crippen molar-refractivity contribution in [2.75, 3.05) is 52.9 Å². The Morgan fingerprint density at radius 1 is 1.04 bits per heavy atom. The highest BCUT2D eigenvalue weighted by Gasteiger charge is 2.33. The van der Waals surface area contributed by atoms with Gasteiger partial charge in [-0.3, -0.25) is 9.59 Å². The highest BCUT2D eigenvalue weighted by atomic mass is 16.5. The highest BCUT2D eigenvalue weighted by molar-refractivity contribution is 5.94. The number of hydrogen-bond acceptors (Lipinski definition) is 4. The molecule has 2 amide bonds. The van der Waals surface area contributed by atoms with Gasteiger partial charge in [-0.05, 0) is 43.8 Å². The molecule has 6 heteroatoms. The largest absolute Gasteiger partial charge is 0.497 e. The molecule has 0 bridgehead atoms. The Balaban J connectivity index is 1.52. The lowest BCUT2D eigenvalue weighted by Gasteiger charge is -2.36. The Labute approximate surface area is 149 Å². The fourth-order valence-electron chi connectivity index (χ4n) is 3.63. The van der Waals surface area contributed by atoms with Gasteiger partial charge in [-0.15, -0.1) is 0 Å². The molecule has 0 unspecified atom stereocenters. The number of amides is 2. The van der Waals surface area contributed by atoms with E-state index in [4.69, 9.17) is 4.74 Å². The number of ether oxygens (including phenoxy) is 1. The van der Waals surface area contributed by atoms with E-state index < -0.39 is 0 Å². The van der Waals surface area contributed by atoms with Crippen LogP contribution in [0.5, 0.6) is 5.75 Å². The number of carbonyl (C=O) groups excluding carboxylic acids is 2. The molecule has 0 radical (unpaired) electrons. The third-order valence-electron chi connectivity index (χ3n) is 5.28. The Kier molecular flexibility index (Phi) is 5.58. The van der Waals surface area contributed by atoms with Crippen molar-refractivity contribution >= 4 is 11.8 Å². The van der Waals surface area contributed by atoms with E-state index in [-0.39, 0.29) is 17.7 Å². The number of rotatable bonds is 4. The van der Waals surface area contributed by atoms with Gasteiger partial charge in [0.25, 0.3) is 5.91 Å². The van der Waals surface area contributed by atoms with Crippen molar-refractivity contribution in [2.24, 2.45) is 5.92 Å². The summed E-state index contributed by atoms with van der Waals surface area (Å²) < 4.78 is 5.13. The lowest BCUT2D eigenvalue weighted by atomic mass is 10.1. The van der Waals surface area contributed by atoms with E-state index in [1.54, 1.807) is 31.4 Å². The minimum atomic E-state index is 0.0211. The molecule has 3 rings (SSSR count). The van der Waals surface area contributed by atoms with Gasteiger partial charge in [0.2, 0.25) is 5.91 Å². The van der Waals surface area contributed by atoms with Gasteiger partial charge in [0.1, 0.15) is 5.75 Å². The van der Waals surface area contributed by atoms with Crippen molar-refractivity contribution in [1.82, 2.24) is 14.7 Å². The maximum atomic E-state index is 12.7. The van der Waals surface area contributed by atoms with Crippen molar-refractivity contribution in [3.05, 3.63) is 29.8 Å². The van der Waals surface area contributed by atoms with Gasteiger partial charge >= 0.3 is 0 Å². The minimum Gasteiger partial charge on any atom is -0.497 e. The standard InChI is InChI=1S/C19H27N3O3/c1-3-20-9-8-16(14-20)19(24)22-12-10-21(11-13-22)18(23)15-4-6-17(25-2)7-5-15/h4-7,16H,3,8-14H2,1-2H3/t16-/m0/s1. The van der Waals surface area contributed by atoms with E-state index >= 15 is 0 Å². The molecule has 2 heterocycles. The summed E-state index contributed by atoms with van der Waals surface area (Å²) in [5, 5.41) is 0. The van der Waals surface area contributed by atoms with Crippen LogP contribution in [0.2, 0.25) is 0 Å². The summed E-state index contributed by atoms with van der Waals surface area (Å²) in [7, 11) is 1.61. The SMILES string of the molecule is CCN1CC[C@H](C(=O)N2CCN(C(=O)c3ccc(OC)cc3)CC2)C1. The van der Waals surface area contributed by atoms with Crippen LogP contribution in [-0.2, 0) is 4.79 Å². The van der Waals surface area contributed by atoms with Crippen molar-refractivity contribution in [3.63, 3.8) is 0 Å². The minimum absolute atomic E-state index is 0.0211. The average molecular weight is 345 g/mol. The topological polar surface area (TPSA) is 53.1 Å². The van der Waals surface area contributed by atoms with E-state index in [0.717, 1.165) is 31.8 Å². The number of likely N-dealkylation sites (tertiary alicyclic amines) is 1. The van der Waals surface area contributed by atoms with Gasteiger partial charge < -0.3 is 19.4 Å². The third-order valence-corrected chi connectivity index (χ3v) is 5.28. The molecule has 2 saturated heterocycles. The van der Waals surface area contributed by atoms with Crippen LogP contribution >= 0.6 is 0 Å². The van der Waals surface area contributed by atoms with Crippen LogP contribution in [0.3, 0.4) is 0 Å². The van der Waals surface area contributed by atoms with Crippen molar-refractivity contribution < 1.29 is 14.3 Å². The fourth-order valence-corrected chi connectivity index (χ4v) is 3.63. The molecule has 25 heavy (non-hydrogen) atoms. The van der Waals surface area contributed by atoms with Crippen LogP contribution < -0.4 is 4.74 Å². The zero-order valence-corrected chi connectivity index (χ0v) is 15.1. The highest BCUT2D eigenvalue weighted by Crippen LogP contribution is 2.20. The predicted octanol–water partition coefficient (Wildman–Crippen LogP) is 1.32. The molecular formula is C19H27N3O3. The zero-order valence-electron chi connectivity index (χ0n) is 15.1. The van der Waals surface area contributed by atoms with Crippen LogP contribution in [0.1, 0.15) is 23.7 Å². The summed E-state index contributed by atoms with van der Waals surface area (Å²) in [5.74, 6) is 1.15. The smallest absolute Gasteiger partial charge is 0.253 e. The predicted molar refractivity (Wildman–Crippen MR) is 95.7 cm³/mol. The van der Waals surface area contributed by atoms with Gasteiger partial charge in [0, 0.05) is 38.3 Å². The van der Waals surface area contributed by atoms with E-state index in [1.165, 1.54) is 0 Å². The molecule has 0 spiro atoms. The van der Waals surface area contributed by atoms with Gasteiger partial charge in [-0.2, -0.15) is 0 Å². The van der Waals surface area contributed by atoms with Crippen LogP contribution in [-0.4, -0.2) is 79.4 Å². The first kappa shape index (κ1) is 17.7. The summed E-state index contributed by atoms with van der Waals surface area (Å²) in [6.07, 6.45) is 0.956. The second-order valence-electron chi connectivity index (χ2n) is 6.72. The number of piperazine rings is 1. The van der Waals surface area contributed by atoms with Gasteiger partial charge in [0.05, 0.1) is 13.0 Å². The Morgan fingerprint density at radius 2 is 1.68 bits per heavy atom. The van der Waals surface area contributed by atoms with Crippen LogP contribution in [0.4, 0.5) is 0 Å². The maximum Gasteiger partial charge on any atom is 0.253 e. The van der Waals surface area contributed by atoms with Crippen LogP contribution in [0.15, 0.2) is 24.3 Å². The van der Waals surface area contributed by atoms with Gasteiger partial charge in [-0.25, -0.2) is 0 Å². The third kappa shape index (κ3) is 3.95. The molecule has 2 aliphatic rings. The number of carbonyl (C=O) groups is 2. The normalized spacial score (nSPS) is 21.4. The Morgan fingerprint density at radius 3 is 2.24 bits per heavy atom. The quantitative estimate of drug-likeness (QED) is 0.826. The number of hydrogen-bond donors (Lipinski definition) is 0. The molecule has 2 fully saturated rings. The van der Waals surface area contributed by atoms with Crippen LogP contribution in [0, 0.1) is 5.92 Å². The molecule has 0 aromatic heterocycles. The summed E-state index contributed by atoms with van der Waals surface area (Å²) in [4.78, 5) is 31.3. The second kappa shape index (κ2) is 7.87. The van der Waals surface area contributed by atoms with Gasteiger partial charge in [0.15, 0.2) is 0 Å². The molecule has 0 aliphatic carbocycles. The fraction of sp³-hybridized carbons (Fsp3) is 0.579. The van der Waals surface area contributed by atoms with Crippen molar-refractivity contribution in [3.8, 4) is 5.75 Å². The Hall–Kier alpha value is -2.08. The molecule has 1 aromatic carbocycles. The first-order valence-electron chi connectivity index (χ1n) is 9.07. The monoisotopic (exact) mass is 345 g/mol. The van der Waals surface area contributed by atoms with E-state index in [9.17, 15) is 9.59 Å². The lowest BCUT2D eigenvalue weighted by Crippen LogP contribution is -2.52. The molecule has 0 saturated carbocycles. The number of nitrogens with zero attached hydrogens (tertiary/aromatic N) is 3. The molecule has 0 N–H and O–H groups in total. The number of benzene rings is 1. The summed E-state index contributed by atoms with van der Waals surface area (Å²) >= 11 is 0. The summed E-state index contributed by atoms with van der Waals surface area (Å²) in [6, 6.07) is 7.17. The maximum absolute atomic E-state index is 12.7.